The fourth-order valence-electron chi connectivity index (χ4n) is 3.31. The molecule has 1 N–H and O–H groups in total. The number of benzene rings is 3. The highest BCUT2D eigenvalue weighted by molar-refractivity contribution is 7.71. The molecule has 0 aliphatic heterocycles. The maximum absolute atomic E-state index is 5.84. The summed E-state index contributed by atoms with van der Waals surface area (Å²) in [7, 11) is 4.67. The molecule has 174 valence electrons. The van der Waals surface area contributed by atoms with Gasteiger partial charge in [0.25, 0.3) is 0 Å². The monoisotopic (exact) mass is 476 g/mol. The summed E-state index contributed by atoms with van der Waals surface area (Å²) < 4.78 is 24.0. The van der Waals surface area contributed by atoms with Crippen LogP contribution < -0.4 is 18.9 Å². The quantitative estimate of drug-likeness (QED) is 0.268. The second kappa shape index (κ2) is 10.7. The molecule has 9 heteroatoms. The summed E-state index contributed by atoms with van der Waals surface area (Å²) in [5.41, 5.74) is 2.69. The first-order valence-electron chi connectivity index (χ1n) is 10.4. The number of hydrogen-bond acceptors (Lipinski definition) is 7. The predicted octanol–water partition coefficient (Wildman–Crippen LogP) is 5.09. The summed E-state index contributed by atoms with van der Waals surface area (Å²) >= 11 is 5.38. The van der Waals surface area contributed by atoms with Gasteiger partial charge >= 0.3 is 0 Å². The van der Waals surface area contributed by atoms with Gasteiger partial charge in [-0.25, -0.2) is 5.10 Å². The third kappa shape index (κ3) is 5.10. The van der Waals surface area contributed by atoms with Crippen molar-refractivity contribution in [2.45, 2.75) is 6.61 Å². The van der Waals surface area contributed by atoms with Gasteiger partial charge in [0.15, 0.2) is 17.3 Å². The summed E-state index contributed by atoms with van der Waals surface area (Å²) in [5.74, 6) is 2.79. The minimum absolute atomic E-state index is 0.350. The van der Waals surface area contributed by atoms with E-state index in [-0.39, 0.29) is 0 Å². The summed E-state index contributed by atoms with van der Waals surface area (Å²) in [4.78, 5) is 0. The number of rotatable bonds is 9. The Labute approximate surface area is 202 Å². The molecule has 0 fully saturated rings. The van der Waals surface area contributed by atoms with Crippen molar-refractivity contribution in [2.75, 3.05) is 21.3 Å². The van der Waals surface area contributed by atoms with Gasteiger partial charge < -0.3 is 18.9 Å². The molecule has 34 heavy (non-hydrogen) atoms. The second-order valence-corrected chi connectivity index (χ2v) is 7.55. The van der Waals surface area contributed by atoms with E-state index in [9.17, 15) is 0 Å². The first-order valence-corrected chi connectivity index (χ1v) is 10.8. The Balaban J connectivity index is 1.55. The van der Waals surface area contributed by atoms with Gasteiger partial charge in [0, 0.05) is 5.56 Å². The Morgan fingerprint density at radius 2 is 1.62 bits per heavy atom. The highest BCUT2D eigenvalue weighted by atomic mass is 32.1. The first kappa shape index (κ1) is 23.1. The number of aromatic amines is 1. The number of nitrogens with zero attached hydrogens (tertiary/aromatic N) is 3. The van der Waals surface area contributed by atoms with E-state index in [4.69, 9.17) is 31.2 Å². The van der Waals surface area contributed by atoms with Crippen LogP contribution in [0, 0.1) is 4.77 Å². The average Bonchev–Trinajstić information content (AvgIpc) is 3.26. The van der Waals surface area contributed by atoms with Crippen LogP contribution in [-0.2, 0) is 6.61 Å². The van der Waals surface area contributed by atoms with Crippen LogP contribution in [0.2, 0.25) is 0 Å². The Morgan fingerprint density at radius 1 is 0.941 bits per heavy atom. The number of ether oxygens (including phenoxy) is 4. The van der Waals surface area contributed by atoms with Crippen LogP contribution in [0.1, 0.15) is 11.1 Å². The van der Waals surface area contributed by atoms with Crippen molar-refractivity contribution in [3.63, 3.8) is 0 Å². The summed E-state index contributed by atoms with van der Waals surface area (Å²) in [6.45, 7) is 0.511. The number of methoxy groups -OCH3 is 3. The number of H-pyrrole nitrogens is 1. The number of nitrogens with one attached hydrogen (secondary N) is 1. The van der Waals surface area contributed by atoms with Gasteiger partial charge in [-0.1, -0.05) is 30.3 Å². The van der Waals surface area contributed by atoms with Crippen molar-refractivity contribution >= 4 is 18.4 Å². The zero-order valence-corrected chi connectivity index (χ0v) is 19.8. The van der Waals surface area contributed by atoms with E-state index >= 15 is 0 Å². The van der Waals surface area contributed by atoms with Gasteiger partial charge in [-0.05, 0) is 59.7 Å². The molecule has 1 aromatic heterocycles. The standard InChI is InChI=1S/C25H24N4O4S/c1-30-21-13-19(14-22(31-2)23(21)32-3)24-27-28-25(34)29(24)26-15-17-9-11-20(12-10-17)33-16-18-7-5-4-6-8-18/h4-15H,16H2,1-3H3,(H,28,34). The maximum Gasteiger partial charge on any atom is 0.216 e. The summed E-state index contributed by atoms with van der Waals surface area (Å²) in [6, 6.07) is 21.3. The lowest BCUT2D eigenvalue weighted by atomic mass is 10.1. The Morgan fingerprint density at radius 3 is 2.24 bits per heavy atom. The number of aromatic nitrogens is 3. The lowest BCUT2D eigenvalue weighted by Crippen LogP contribution is -1.99. The van der Waals surface area contributed by atoms with Gasteiger partial charge in [0.1, 0.15) is 12.4 Å². The minimum Gasteiger partial charge on any atom is -0.493 e. The van der Waals surface area contributed by atoms with Crippen LogP contribution in [0.4, 0.5) is 0 Å². The van der Waals surface area contributed by atoms with E-state index in [2.05, 4.69) is 15.3 Å². The van der Waals surface area contributed by atoms with Crippen molar-refractivity contribution in [1.29, 1.82) is 0 Å². The van der Waals surface area contributed by atoms with Crippen molar-refractivity contribution < 1.29 is 18.9 Å². The molecule has 4 rings (SSSR count). The zero-order chi connectivity index (χ0) is 23.9. The Bertz CT molecular complexity index is 1310. The number of hydrogen-bond donors (Lipinski definition) is 1. The normalized spacial score (nSPS) is 10.9. The molecule has 3 aromatic carbocycles. The second-order valence-electron chi connectivity index (χ2n) is 7.17. The average molecular weight is 477 g/mol. The molecule has 0 radical (unpaired) electrons. The molecule has 4 aromatic rings. The molecule has 0 saturated heterocycles. The van der Waals surface area contributed by atoms with Gasteiger partial charge in [-0.15, -0.1) is 0 Å². The molecule has 1 heterocycles. The maximum atomic E-state index is 5.84. The molecular weight excluding hydrogens is 452 g/mol. The smallest absolute Gasteiger partial charge is 0.216 e. The van der Waals surface area contributed by atoms with Gasteiger partial charge in [0.2, 0.25) is 10.5 Å². The lowest BCUT2D eigenvalue weighted by molar-refractivity contribution is 0.306. The van der Waals surface area contributed by atoms with E-state index in [0.29, 0.717) is 40.0 Å². The van der Waals surface area contributed by atoms with Crippen molar-refractivity contribution in [3.05, 3.63) is 82.6 Å². The highest BCUT2D eigenvalue weighted by Crippen LogP contribution is 2.40. The largest absolute Gasteiger partial charge is 0.493 e. The molecule has 0 aliphatic carbocycles. The topological polar surface area (TPSA) is 82.9 Å². The van der Waals surface area contributed by atoms with Crippen LogP contribution in [0.5, 0.6) is 23.0 Å². The Hall–Kier alpha value is -4.11. The van der Waals surface area contributed by atoms with Crippen LogP contribution in [-0.4, -0.2) is 42.4 Å². The molecule has 0 amide bonds. The lowest BCUT2D eigenvalue weighted by Gasteiger charge is -2.13. The van der Waals surface area contributed by atoms with Gasteiger partial charge in [0.05, 0.1) is 27.5 Å². The molecule has 0 saturated carbocycles. The van der Waals surface area contributed by atoms with Crippen molar-refractivity contribution in [1.82, 2.24) is 14.9 Å². The molecule has 0 aliphatic rings. The van der Waals surface area contributed by atoms with Crippen LogP contribution >= 0.6 is 12.2 Å². The molecule has 0 unspecified atom stereocenters. The molecule has 0 spiro atoms. The van der Waals surface area contributed by atoms with E-state index in [1.165, 1.54) is 4.68 Å². The minimum atomic E-state index is 0.350. The van der Waals surface area contributed by atoms with Crippen LogP contribution in [0.15, 0.2) is 71.8 Å². The zero-order valence-electron chi connectivity index (χ0n) is 19.0. The molecule has 0 atom stereocenters. The van der Waals surface area contributed by atoms with Gasteiger partial charge in [-0.2, -0.15) is 14.9 Å². The van der Waals surface area contributed by atoms with E-state index in [1.807, 2.05) is 54.6 Å². The highest BCUT2D eigenvalue weighted by Gasteiger charge is 2.17. The van der Waals surface area contributed by atoms with Crippen LogP contribution in [0.25, 0.3) is 11.4 Å². The fraction of sp³-hybridized carbons (Fsp3) is 0.160. The molecule has 0 bridgehead atoms. The summed E-state index contributed by atoms with van der Waals surface area (Å²) in [6.07, 6.45) is 1.70. The summed E-state index contributed by atoms with van der Waals surface area (Å²) in [5, 5.41) is 11.6. The Kier molecular flexibility index (Phi) is 7.24. The van der Waals surface area contributed by atoms with Gasteiger partial charge in [-0.3, -0.25) is 0 Å². The van der Waals surface area contributed by atoms with E-state index < -0.39 is 0 Å². The fourth-order valence-corrected chi connectivity index (χ4v) is 3.49. The van der Waals surface area contributed by atoms with E-state index in [1.54, 1.807) is 39.7 Å². The third-order valence-electron chi connectivity index (χ3n) is 5.02. The van der Waals surface area contributed by atoms with Crippen molar-refractivity contribution in [2.24, 2.45) is 5.10 Å². The molecule has 8 nitrogen and oxygen atoms in total. The SMILES string of the molecule is COc1cc(-c2n[nH]c(=S)n2N=Cc2ccc(OCc3ccccc3)cc2)cc(OC)c1OC. The predicted molar refractivity (Wildman–Crippen MR) is 133 cm³/mol. The third-order valence-corrected chi connectivity index (χ3v) is 5.29. The van der Waals surface area contributed by atoms with Crippen molar-refractivity contribution in [3.8, 4) is 34.4 Å². The first-order chi connectivity index (χ1) is 16.6. The van der Waals surface area contributed by atoms with E-state index in [0.717, 1.165) is 16.9 Å². The van der Waals surface area contributed by atoms with Crippen LogP contribution in [0.3, 0.4) is 0 Å². The molecular formula is C25H24N4O4S.